The Morgan fingerprint density at radius 2 is 1.76 bits per heavy atom. The maximum atomic E-state index is 6.10. The molecule has 0 atom stereocenters. The largest absolute Gasteiger partial charge is 0.495 e. The fourth-order valence-corrected chi connectivity index (χ4v) is 2.31. The van der Waals surface area contributed by atoms with Crippen molar-refractivity contribution in [2.24, 2.45) is 0 Å². The molecule has 0 bridgehead atoms. The van der Waals surface area contributed by atoms with Gasteiger partial charge in [0, 0.05) is 27.9 Å². The molecule has 0 spiro atoms. The second-order valence-corrected chi connectivity index (χ2v) is 4.57. The molecule has 0 aliphatic carbocycles. The van der Waals surface area contributed by atoms with Crippen molar-refractivity contribution >= 4 is 45.1 Å². The van der Waals surface area contributed by atoms with Crippen molar-refractivity contribution in [1.29, 1.82) is 0 Å². The van der Waals surface area contributed by atoms with Crippen molar-refractivity contribution in [2.75, 3.05) is 7.11 Å². The molecule has 0 saturated heterocycles. The molecule has 0 N–H and O–H groups in total. The van der Waals surface area contributed by atoms with E-state index in [1.54, 1.807) is 19.2 Å². The highest BCUT2D eigenvalue weighted by Gasteiger charge is 2.11. The highest BCUT2D eigenvalue weighted by Crippen LogP contribution is 2.36. The van der Waals surface area contributed by atoms with Gasteiger partial charge in [0.25, 0.3) is 0 Å². The van der Waals surface area contributed by atoms with Crippen LogP contribution in [0.1, 0.15) is 0 Å². The van der Waals surface area contributed by atoms with E-state index in [-0.39, 0.29) is 0 Å². The number of ether oxygens (including phenoxy) is 1. The molecule has 86 valence electrons. The minimum Gasteiger partial charge on any atom is -0.495 e. The fraction of sp³-hybridized carbons (Fsp3) is 0.0769. The van der Waals surface area contributed by atoms with Gasteiger partial charge in [-0.05, 0) is 18.2 Å². The van der Waals surface area contributed by atoms with Crippen LogP contribution in [0.3, 0.4) is 0 Å². The predicted octanol–water partition coefficient (Wildman–Crippen LogP) is 4.90. The zero-order chi connectivity index (χ0) is 12.0. The van der Waals surface area contributed by atoms with Gasteiger partial charge in [-0.1, -0.05) is 23.2 Å². The third kappa shape index (κ3) is 1.65. The lowest BCUT2D eigenvalue weighted by molar-refractivity contribution is 0.415. The van der Waals surface area contributed by atoms with Crippen LogP contribution in [0.5, 0.6) is 5.75 Å². The maximum Gasteiger partial charge on any atom is 0.141 e. The summed E-state index contributed by atoms with van der Waals surface area (Å²) in [4.78, 5) is 0. The highest BCUT2D eigenvalue weighted by atomic mass is 35.5. The van der Waals surface area contributed by atoms with Gasteiger partial charge in [-0.3, -0.25) is 0 Å². The molecule has 0 fully saturated rings. The summed E-state index contributed by atoms with van der Waals surface area (Å²) in [5.74, 6) is 0.601. The van der Waals surface area contributed by atoms with E-state index in [1.165, 1.54) is 0 Å². The first-order chi connectivity index (χ1) is 8.19. The molecule has 0 saturated carbocycles. The standard InChI is InChI=1S/C13H8Cl2O2/c1-16-13-6-12-9(5-10(13)15)8-3-2-7(14)4-11(8)17-12/h2-6H,1H3. The van der Waals surface area contributed by atoms with Crippen molar-refractivity contribution in [1.82, 2.24) is 0 Å². The van der Waals surface area contributed by atoms with Crippen LogP contribution in [-0.2, 0) is 0 Å². The topological polar surface area (TPSA) is 22.4 Å². The molecule has 17 heavy (non-hydrogen) atoms. The number of hydrogen-bond acceptors (Lipinski definition) is 2. The molecule has 1 aromatic heterocycles. The van der Waals surface area contributed by atoms with Gasteiger partial charge in [0.05, 0.1) is 12.1 Å². The molecule has 1 heterocycles. The van der Waals surface area contributed by atoms with Gasteiger partial charge >= 0.3 is 0 Å². The van der Waals surface area contributed by atoms with E-state index in [0.717, 1.165) is 21.9 Å². The second kappa shape index (κ2) is 3.83. The fourth-order valence-electron chi connectivity index (χ4n) is 1.91. The molecule has 0 radical (unpaired) electrons. The Hall–Kier alpha value is -1.38. The summed E-state index contributed by atoms with van der Waals surface area (Å²) in [6.07, 6.45) is 0. The van der Waals surface area contributed by atoms with Gasteiger partial charge in [-0.25, -0.2) is 0 Å². The van der Waals surface area contributed by atoms with Crippen LogP contribution in [0.4, 0.5) is 0 Å². The van der Waals surface area contributed by atoms with Crippen molar-refractivity contribution in [2.45, 2.75) is 0 Å². The van der Waals surface area contributed by atoms with Crippen LogP contribution in [0.2, 0.25) is 10.0 Å². The lowest BCUT2D eigenvalue weighted by Crippen LogP contribution is -1.82. The number of rotatable bonds is 1. The number of fused-ring (bicyclic) bond motifs is 3. The van der Waals surface area contributed by atoms with Crippen molar-refractivity contribution < 1.29 is 9.15 Å². The third-order valence-electron chi connectivity index (χ3n) is 2.71. The lowest BCUT2D eigenvalue weighted by atomic mass is 10.1. The average Bonchev–Trinajstić information content (AvgIpc) is 2.64. The van der Waals surface area contributed by atoms with Crippen LogP contribution in [0, 0.1) is 0 Å². The monoisotopic (exact) mass is 266 g/mol. The van der Waals surface area contributed by atoms with Crippen molar-refractivity contribution in [3.8, 4) is 5.75 Å². The molecule has 3 aromatic rings. The molecule has 0 unspecified atom stereocenters. The zero-order valence-electron chi connectivity index (χ0n) is 8.96. The molecular formula is C13H8Cl2O2. The summed E-state index contributed by atoms with van der Waals surface area (Å²) in [5.41, 5.74) is 1.49. The Balaban J connectivity index is 2.43. The van der Waals surface area contributed by atoms with Crippen LogP contribution >= 0.6 is 23.2 Å². The minimum atomic E-state index is 0.567. The summed E-state index contributed by atoms with van der Waals surface area (Å²) < 4.78 is 10.9. The quantitative estimate of drug-likeness (QED) is 0.625. The molecule has 0 aliphatic heterocycles. The van der Waals surface area contributed by atoms with Crippen LogP contribution in [0.25, 0.3) is 21.9 Å². The number of benzene rings is 2. The second-order valence-electron chi connectivity index (χ2n) is 3.73. The number of methoxy groups -OCH3 is 1. The molecule has 0 amide bonds. The van der Waals surface area contributed by atoms with Crippen LogP contribution in [0.15, 0.2) is 34.7 Å². The van der Waals surface area contributed by atoms with E-state index < -0.39 is 0 Å². The number of halogens is 2. The lowest BCUT2D eigenvalue weighted by Gasteiger charge is -2.01. The predicted molar refractivity (Wildman–Crippen MR) is 70.3 cm³/mol. The Labute approximate surface area is 108 Å². The van der Waals surface area contributed by atoms with Gasteiger partial charge in [0.1, 0.15) is 16.9 Å². The van der Waals surface area contributed by atoms with E-state index in [0.29, 0.717) is 15.8 Å². The Bertz CT molecular complexity index is 716. The van der Waals surface area contributed by atoms with Crippen LogP contribution < -0.4 is 4.74 Å². The molecule has 0 aliphatic rings. The van der Waals surface area contributed by atoms with E-state index in [4.69, 9.17) is 32.4 Å². The van der Waals surface area contributed by atoms with E-state index in [9.17, 15) is 0 Å². The third-order valence-corrected chi connectivity index (χ3v) is 3.24. The average molecular weight is 267 g/mol. The van der Waals surface area contributed by atoms with Gasteiger partial charge in [0.15, 0.2) is 0 Å². The molecule has 4 heteroatoms. The van der Waals surface area contributed by atoms with Crippen molar-refractivity contribution in [3.63, 3.8) is 0 Å². The molecule has 2 aromatic carbocycles. The number of hydrogen-bond donors (Lipinski definition) is 0. The van der Waals surface area contributed by atoms with Crippen molar-refractivity contribution in [3.05, 3.63) is 40.4 Å². The SMILES string of the molecule is COc1cc2oc3cc(Cl)ccc3c2cc1Cl. The van der Waals surface area contributed by atoms with Crippen LogP contribution in [-0.4, -0.2) is 7.11 Å². The highest BCUT2D eigenvalue weighted by molar-refractivity contribution is 6.33. The zero-order valence-corrected chi connectivity index (χ0v) is 10.5. The van der Waals surface area contributed by atoms with Gasteiger partial charge in [-0.15, -0.1) is 0 Å². The van der Waals surface area contributed by atoms with E-state index in [1.807, 2.05) is 18.2 Å². The van der Waals surface area contributed by atoms with Gasteiger partial charge < -0.3 is 9.15 Å². The molecule has 3 rings (SSSR count). The van der Waals surface area contributed by atoms with E-state index >= 15 is 0 Å². The summed E-state index contributed by atoms with van der Waals surface area (Å²) in [6, 6.07) is 9.17. The Kier molecular flexibility index (Phi) is 2.42. The van der Waals surface area contributed by atoms with E-state index in [2.05, 4.69) is 0 Å². The first kappa shape index (κ1) is 10.8. The smallest absolute Gasteiger partial charge is 0.141 e. The summed E-state index contributed by atoms with van der Waals surface area (Å²) in [5, 5.41) is 3.17. The normalized spacial score (nSPS) is 11.2. The Morgan fingerprint density at radius 3 is 2.53 bits per heavy atom. The summed E-state index contributed by atoms with van der Waals surface area (Å²) >= 11 is 12.0. The first-order valence-corrected chi connectivity index (χ1v) is 5.80. The maximum absolute atomic E-state index is 6.10. The summed E-state index contributed by atoms with van der Waals surface area (Å²) in [7, 11) is 1.58. The Morgan fingerprint density at radius 1 is 1.00 bits per heavy atom. The van der Waals surface area contributed by atoms with Gasteiger partial charge in [0.2, 0.25) is 0 Å². The molecule has 2 nitrogen and oxygen atoms in total. The minimum absolute atomic E-state index is 0.567. The number of furan rings is 1. The summed E-state index contributed by atoms with van der Waals surface area (Å²) in [6.45, 7) is 0. The molecular weight excluding hydrogens is 259 g/mol. The first-order valence-electron chi connectivity index (χ1n) is 5.04. The van der Waals surface area contributed by atoms with Gasteiger partial charge in [-0.2, -0.15) is 0 Å².